The molecule has 0 spiro atoms. The molecule has 0 saturated carbocycles. The van der Waals surface area contributed by atoms with Gasteiger partial charge in [-0.3, -0.25) is 19.3 Å². The van der Waals surface area contributed by atoms with Crippen LogP contribution in [0.1, 0.15) is 13.3 Å². The van der Waals surface area contributed by atoms with Gasteiger partial charge in [-0.1, -0.05) is 12.6 Å². The van der Waals surface area contributed by atoms with E-state index in [1.807, 2.05) is 0 Å². The van der Waals surface area contributed by atoms with E-state index in [1.54, 1.807) is 0 Å². The fourth-order valence-corrected chi connectivity index (χ4v) is 4.10. The second-order valence-electron chi connectivity index (χ2n) is 4.31. The summed E-state index contributed by atoms with van der Waals surface area (Å²) >= 11 is 4.98. The van der Waals surface area contributed by atoms with Gasteiger partial charge >= 0.3 is 5.97 Å². The van der Waals surface area contributed by atoms with Crippen LogP contribution < -0.4 is 0 Å². The topological polar surface area (TPSA) is 83.9 Å². The molecule has 0 aromatic carbocycles. The zero-order chi connectivity index (χ0) is 14.3. The summed E-state index contributed by atoms with van der Waals surface area (Å²) in [5.41, 5.74) is 0.130. The van der Waals surface area contributed by atoms with Crippen LogP contribution in [-0.4, -0.2) is 45.6 Å². The summed E-state index contributed by atoms with van der Waals surface area (Å²) in [5.74, 6) is -1.36. The molecule has 0 aliphatic carbocycles. The van der Waals surface area contributed by atoms with Crippen LogP contribution in [0.25, 0.3) is 0 Å². The number of aliphatic hydroxyl groups is 1. The van der Waals surface area contributed by atoms with Crippen molar-refractivity contribution >= 4 is 41.4 Å². The number of thiol groups is 1. The number of hydrogen-bond donors (Lipinski definition) is 2. The van der Waals surface area contributed by atoms with Crippen molar-refractivity contribution in [3.05, 3.63) is 10.6 Å². The first kappa shape index (κ1) is 14.4. The molecule has 2 unspecified atom stereocenters. The number of rotatable bonds is 4. The zero-order valence-electron chi connectivity index (χ0n) is 10.3. The zero-order valence-corrected chi connectivity index (χ0v) is 12.0. The molecule has 0 radical (unpaired) electrons. The number of esters is 1. The Bertz CT molecular complexity index is 487. The van der Waals surface area contributed by atoms with Gasteiger partial charge in [0.25, 0.3) is 0 Å². The minimum absolute atomic E-state index is 0.0738. The predicted molar refractivity (Wildman–Crippen MR) is 71.0 cm³/mol. The highest BCUT2D eigenvalue weighted by Gasteiger charge is 2.57. The van der Waals surface area contributed by atoms with Gasteiger partial charge in [-0.2, -0.15) is 0 Å². The first-order valence-electron chi connectivity index (χ1n) is 5.59. The van der Waals surface area contributed by atoms with Crippen LogP contribution in [0.2, 0.25) is 0 Å². The van der Waals surface area contributed by atoms with E-state index < -0.39 is 23.1 Å². The Morgan fingerprint density at radius 1 is 1.58 bits per heavy atom. The molecule has 2 aliphatic rings. The number of thioether (sulfide) groups is 1. The van der Waals surface area contributed by atoms with Gasteiger partial charge in [0.15, 0.2) is 0 Å². The maximum atomic E-state index is 11.9. The molecule has 2 rings (SSSR count). The number of amides is 1. The van der Waals surface area contributed by atoms with Gasteiger partial charge in [0.05, 0.1) is 25.6 Å². The quantitative estimate of drug-likeness (QED) is 0.436. The first-order chi connectivity index (χ1) is 8.88. The van der Waals surface area contributed by atoms with Gasteiger partial charge in [-0.25, -0.2) is 0 Å². The maximum absolute atomic E-state index is 11.9. The molecule has 0 aromatic heterocycles. The average Bonchev–Trinajstić information content (AvgIpc) is 2.63. The summed E-state index contributed by atoms with van der Waals surface area (Å²) in [4.78, 5) is 36.5. The summed E-state index contributed by atoms with van der Waals surface area (Å²) in [6.45, 7) is 1.53. The lowest BCUT2D eigenvalue weighted by Gasteiger charge is -2.43. The third kappa shape index (κ3) is 2.28. The Labute approximate surface area is 119 Å². The first-order valence-corrected chi connectivity index (χ1v) is 6.92. The number of methoxy groups -OCH3 is 1. The molecule has 6 nitrogen and oxygen atoms in total. The number of hydrogen-bond acceptors (Lipinski definition) is 6. The van der Waals surface area contributed by atoms with Crippen molar-refractivity contribution in [1.29, 1.82) is 0 Å². The van der Waals surface area contributed by atoms with Gasteiger partial charge in [-0.15, -0.1) is 11.8 Å². The van der Waals surface area contributed by atoms with Crippen molar-refractivity contribution in [3.8, 4) is 0 Å². The van der Waals surface area contributed by atoms with Crippen LogP contribution in [0.5, 0.6) is 0 Å². The lowest BCUT2D eigenvalue weighted by molar-refractivity contribution is -0.153. The fourth-order valence-electron chi connectivity index (χ4n) is 2.18. The third-order valence-electron chi connectivity index (χ3n) is 3.11. The molecular formula is C11H13NO5S2. The molecule has 1 saturated heterocycles. The van der Waals surface area contributed by atoms with Crippen LogP contribution in [0.3, 0.4) is 0 Å². The Kier molecular flexibility index (Phi) is 3.93. The van der Waals surface area contributed by atoms with E-state index in [9.17, 15) is 19.5 Å². The molecule has 1 N–H and O–H groups in total. The van der Waals surface area contributed by atoms with E-state index in [1.165, 1.54) is 30.7 Å². The maximum Gasteiger partial charge on any atom is 0.310 e. The number of aliphatic hydroxyl groups excluding tert-OH is 1. The van der Waals surface area contributed by atoms with Gasteiger partial charge in [-0.05, 0) is 6.92 Å². The smallest absolute Gasteiger partial charge is 0.310 e. The average molecular weight is 303 g/mol. The monoisotopic (exact) mass is 303 g/mol. The van der Waals surface area contributed by atoms with Gasteiger partial charge < -0.3 is 9.84 Å². The van der Waals surface area contributed by atoms with Crippen LogP contribution in [0.4, 0.5) is 0 Å². The molecule has 0 bridgehead atoms. The van der Waals surface area contributed by atoms with E-state index in [2.05, 4.69) is 17.4 Å². The summed E-state index contributed by atoms with van der Waals surface area (Å²) < 4.78 is 4.56. The van der Waals surface area contributed by atoms with Crippen molar-refractivity contribution in [2.24, 2.45) is 5.92 Å². The highest BCUT2D eigenvalue weighted by atomic mass is 32.2. The third-order valence-corrected chi connectivity index (χ3v) is 4.69. The van der Waals surface area contributed by atoms with Crippen LogP contribution in [-0.2, 0) is 19.1 Å². The Balaban J connectivity index is 2.26. The van der Waals surface area contributed by atoms with E-state index in [0.29, 0.717) is 4.91 Å². The molecule has 104 valence electrons. The van der Waals surface area contributed by atoms with Crippen LogP contribution >= 0.6 is 24.4 Å². The highest BCUT2D eigenvalue weighted by molar-refractivity contribution is 8.04. The molecule has 1 amide bonds. The molecule has 3 atom stereocenters. The fraction of sp³-hybridized carbons (Fsp3) is 0.545. The molecule has 8 heteroatoms. The summed E-state index contributed by atoms with van der Waals surface area (Å²) in [7, 11) is 1.25. The van der Waals surface area contributed by atoms with E-state index >= 15 is 0 Å². The van der Waals surface area contributed by atoms with Crippen molar-refractivity contribution < 1.29 is 24.2 Å². The second-order valence-corrected chi connectivity index (χ2v) is 5.93. The SMILES string of the molecule is COC(=O)CC1=C(C(=O)S)N2C(=O)C(C(C)O)[C@H]2S1. The van der Waals surface area contributed by atoms with E-state index in [-0.39, 0.29) is 23.4 Å². The molecule has 1 fully saturated rings. The van der Waals surface area contributed by atoms with Crippen LogP contribution in [0, 0.1) is 5.92 Å². The standard InChI is InChI=1S/C11H13NO5S2/c1-4(13)7-9(15)12-8(11(16)18)5(19-10(7)12)3-6(14)17-2/h4,7,10,13H,3H2,1-2H3,(H,16,18)/t4?,7?,10-/m1/s1. The van der Waals surface area contributed by atoms with Crippen LogP contribution in [0.15, 0.2) is 10.6 Å². The molecule has 2 aliphatic heterocycles. The van der Waals surface area contributed by atoms with Crippen molar-refractivity contribution in [3.63, 3.8) is 0 Å². The summed E-state index contributed by atoms with van der Waals surface area (Å²) in [6, 6.07) is 0. The Morgan fingerprint density at radius 2 is 2.21 bits per heavy atom. The number of fused-ring (bicyclic) bond motifs is 1. The minimum Gasteiger partial charge on any atom is -0.469 e. The van der Waals surface area contributed by atoms with Crippen molar-refractivity contribution in [2.45, 2.75) is 24.8 Å². The normalized spacial score (nSPS) is 26.9. The summed E-state index contributed by atoms with van der Waals surface area (Å²) in [6.07, 6.45) is -0.870. The second kappa shape index (κ2) is 5.18. The number of carbonyl (C=O) groups is 3. The van der Waals surface area contributed by atoms with Crippen molar-refractivity contribution in [1.82, 2.24) is 4.90 Å². The largest absolute Gasteiger partial charge is 0.469 e. The highest BCUT2D eigenvalue weighted by Crippen LogP contribution is 2.51. The molecule has 0 aromatic rings. The summed E-state index contributed by atoms with van der Waals surface area (Å²) in [5, 5.41) is 8.66. The number of nitrogens with zero attached hydrogens (tertiary/aromatic N) is 1. The Morgan fingerprint density at radius 3 is 2.68 bits per heavy atom. The lowest BCUT2D eigenvalue weighted by atomic mass is 9.92. The number of carbonyl (C=O) groups excluding carboxylic acids is 3. The van der Waals surface area contributed by atoms with E-state index in [4.69, 9.17) is 0 Å². The molecular weight excluding hydrogens is 290 g/mol. The Hall–Kier alpha value is -0.990. The number of ether oxygens (including phenoxy) is 1. The molecule has 19 heavy (non-hydrogen) atoms. The molecule has 2 heterocycles. The lowest BCUT2D eigenvalue weighted by Crippen LogP contribution is -2.60. The minimum atomic E-state index is -0.796. The predicted octanol–water partition coefficient (Wildman–Crippen LogP) is 0.130. The van der Waals surface area contributed by atoms with Gasteiger partial charge in [0, 0.05) is 4.91 Å². The van der Waals surface area contributed by atoms with Gasteiger partial charge in [0.1, 0.15) is 11.1 Å². The van der Waals surface area contributed by atoms with E-state index in [0.717, 1.165) is 0 Å². The van der Waals surface area contributed by atoms with Crippen molar-refractivity contribution in [2.75, 3.05) is 7.11 Å². The van der Waals surface area contributed by atoms with Gasteiger partial charge in [0.2, 0.25) is 11.0 Å². The number of β-lactam (4-membered cyclic amide) rings is 1.